The van der Waals surface area contributed by atoms with Gasteiger partial charge in [0.05, 0.1) is 5.69 Å². The van der Waals surface area contributed by atoms with E-state index in [1.807, 2.05) is 48.5 Å². The standard InChI is InChI=1S/C21H22N6O/c1-3-4-5-9-13-18-14-10-15-19(22-18)16-28-24-20(17-11-7-6-8-12-17)21-23-25-26-27(21)2/h6-8,10-12,14-15H,3-5,16H2,1-2H3/b24-20+. The van der Waals surface area contributed by atoms with Crippen molar-refractivity contribution in [3.05, 3.63) is 71.3 Å². The lowest BCUT2D eigenvalue weighted by Gasteiger charge is -2.06. The number of aromatic nitrogens is 5. The van der Waals surface area contributed by atoms with E-state index in [4.69, 9.17) is 4.84 Å². The van der Waals surface area contributed by atoms with Gasteiger partial charge < -0.3 is 4.84 Å². The monoisotopic (exact) mass is 374 g/mol. The number of hydrogen-bond acceptors (Lipinski definition) is 6. The van der Waals surface area contributed by atoms with Gasteiger partial charge in [-0.25, -0.2) is 9.67 Å². The Balaban J connectivity index is 1.74. The molecule has 142 valence electrons. The maximum Gasteiger partial charge on any atom is 0.204 e. The third kappa shape index (κ3) is 5.24. The van der Waals surface area contributed by atoms with E-state index in [0.717, 1.165) is 36.2 Å². The number of unbranched alkanes of at least 4 members (excludes halogenated alkanes) is 2. The molecule has 0 aliphatic carbocycles. The van der Waals surface area contributed by atoms with E-state index < -0.39 is 0 Å². The van der Waals surface area contributed by atoms with Crippen LogP contribution in [0.5, 0.6) is 0 Å². The molecule has 0 atom stereocenters. The molecule has 7 heteroatoms. The van der Waals surface area contributed by atoms with Gasteiger partial charge in [0.25, 0.3) is 0 Å². The Morgan fingerprint density at radius 3 is 2.75 bits per heavy atom. The van der Waals surface area contributed by atoms with Gasteiger partial charge >= 0.3 is 0 Å². The fraction of sp³-hybridized carbons (Fsp3) is 0.286. The maximum absolute atomic E-state index is 5.58. The summed E-state index contributed by atoms with van der Waals surface area (Å²) < 4.78 is 1.56. The van der Waals surface area contributed by atoms with Gasteiger partial charge in [0, 0.05) is 19.0 Å². The van der Waals surface area contributed by atoms with Crippen LogP contribution in [0.15, 0.2) is 53.7 Å². The minimum Gasteiger partial charge on any atom is -0.389 e. The molecular weight excluding hydrogens is 352 g/mol. The maximum atomic E-state index is 5.58. The van der Waals surface area contributed by atoms with Crippen LogP contribution in [0.25, 0.3) is 0 Å². The van der Waals surface area contributed by atoms with Crippen molar-refractivity contribution in [1.29, 1.82) is 0 Å². The van der Waals surface area contributed by atoms with E-state index in [-0.39, 0.29) is 6.61 Å². The summed E-state index contributed by atoms with van der Waals surface area (Å²) in [5.41, 5.74) is 2.92. The number of tetrazole rings is 1. The van der Waals surface area contributed by atoms with Crippen molar-refractivity contribution in [3.63, 3.8) is 0 Å². The van der Waals surface area contributed by atoms with Crippen molar-refractivity contribution < 1.29 is 4.84 Å². The number of nitrogens with zero attached hydrogens (tertiary/aromatic N) is 6. The predicted octanol–water partition coefficient (Wildman–Crippen LogP) is 3.12. The summed E-state index contributed by atoms with van der Waals surface area (Å²) in [6.07, 6.45) is 3.12. The molecule has 2 aromatic heterocycles. The minimum absolute atomic E-state index is 0.228. The number of benzene rings is 1. The molecule has 2 heterocycles. The Labute approximate surface area is 164 Å². The second-order valence-corrected chi connectivity index (χ2v) is 6.12. The number of oxime groups is 1. The van der Waals surface area contributed by atoms with Crippen LogP contribution in [0.1, 0.15) is 49.0 Å². The van der Waals surface area contributed by atoms with Crippen LogP contribution in [0.3, 0.4) is 0 Å². The summed E-state index contributed by atoms with van der Waals surface area (Å²) in [4.78, 5) is 10.1. The molecule has 0 unspecified atom stereocenters. The topological polar surface area (TPSA) is 78.1 Å². The van der Waals surface area contributed by atoms with Crippen molar-refractivity contribution in [2.24, 2.45) is 12.2 Å². The number of pyridine rings is 1. The Morgan fingerprint density at radius 2 is 2.00 bits per heavy atom. The van der Waals surface area contributed by atoms with Crippen molar-refractivity contribution in [2.45, 2.75) is 32.8 Å². The molecule has 3 aromatic rings. The lowest BCUT2D eigenvalue weighted by molar-refractivity contribution is 0.128. The molecule has 0 aliphatic heterocycles. The van der Waals surface area contributed by atoms with E-state index in [1.165, 1.54) is 0 Å². The molecule has 3 rings (SSSR count). The molecule has 7 nitrogen and oxygen atoms in total. The summed E-state index contributed by atoms with van der Waals surface area (Å²) >= 11 is 0. The quantitative estimate of drug-likeness (QED) is 0.275. The molecular formula is C21H22N6O. The van der Waals surface area contributed by atoms with Crippen molar-refractivity contribution in [2.75, 3.05) is 0 Å². The van der Waals surface area contributed by atoms with E-state index in [0.29, 0.717) is 11.5 Å². The van der Waals surface area contributed by atoms with Gasteiger partial charge in [-0.2, -0.15) is 0 Å². The highest BCUT2D eigenvalue weighted by Crippen LogP contribution is 2.09. The van der Waals surface area contributed by atoms with Gasteiger partial charge in [-0.05, 0) is 34.9 Å². The second-order valence-electron chi connectivity index (χ2n) is 6.12. The largest absolute Gasteiger partial charge is 0.389 e. The second kappa shape index (κ2) is 9.97. The zero-order valence-corrected chi connectivity index (χ0v) is 16.0. The molecule has 1 aromatic carbocycles. The van der Waals surface area contributed by atoms with Gasteiger partial charge in [-0.15, -0.1) is 5.10 Å². The van der Waals surface area contributed by atoms with Gasteiger partial charge in [0.1, 0.15) is 5.69 Å². The molecule has 0 bridgehead atoms. The minimum atomic E-state index is 0.228. The molecule has 0 aliphatic rings. The first-order valence-corrected chi connectivity index (χ1v) is 9.21. The third-order valence-electron chi connectivity index (χ3n) is 3.93. The Bertz CT molecular complexity index is 985. The average Bonchev–Trinajstić information content (AvgIpc) is 3.15. The molecule has 0 amide bonds. The molecule has 0 fully saturated rings. The van der Waals surface area contributed by atoms with Crippen molar-refractivity contribution >= 4 is 5.71 Å². The Morgan fingerprint density at radius 1 is 1.14 bits per heavy atom. The van der Waals surface area contributed by atoms with Crippen LogP contribution in [-0.4, -0.2) is 30.9 Å². The lowest BCUT2D eigenvalue weighted by Crippen LogP contribution is -2.12. The first-order chi connectivity index (χ1) is 13.8. The summed E-state index contributed by atoms with van der Waals surface area (Å²) in [7, 11) is 1.76. The first-order valence-electron chi connectivity index (χ1n) is 9.21. The normalized spacial score (nSPS) is 11.0. The number of rotatable bonds is 7. The predicted molar refractivity (Wildman–Crippen MR) is 106 cm³/mol. The Kier molecular flexibility index (Phi) is 6.85. The van der Waals surface area contributed by atoms with Crippen LogP contribution in [0.2, 0.25) is 0 Å². The number of aryl methyl sites for hydroxylation is 1. The highest BCUT2D eigenvalue weighted by Gasteiger charge is 2.14. The van der Waals surface area contributed by atoms with Crippen LogP contribution >= 0.6 is 0 Å². The fourth-order valence-electron chi connectivity index (χ4n) is 2.46. The summed E-state index contributed by atoms with van der Waals surface area (Å²) in [6.45, 7) is 2.38. The van der Waals surface area contributed by atoms with Crippen LogP contribution < -0.4 is 0 Å². The highest BCUT2D eigenvalue weighted by molar-refractivity contribution is 6.10. The third-order valence-corrected chi connectivity index (χ3v) is 3.93. The molecule has 0 radical (unpaired) electrons. The van der Waals surface area contributed by atoms with E-state index in [9.17, 15) is 0 Å². The SMILES string of the molecule is CCCCC#Cc1cccc(CO/N=C(\c2ccccc2)c2nnnn2C)n1. The summed E-state index contributed by atoms with van der Waals surface area (Å²) in [5.74, 6) is 6.76. The van der Waals surface area contributed by atoms with E-state index in [1.54, 1.807) is 11.7 Å². The average molecular weight is 374 g/mol. The first kappa shape index (κ1) is 19.2. The van der Waals surface area contributed by atoms with Gasteiger partial charge in [-0.3, -0.25) is 0 Å². The Hall–Kier alpha value is -3.53. The van der Waals surface area contributed by atoms with Gasteiger partial charge in [-0.1, -0.05) is 60.8 Å². The molecule has 0 saturated heterocycles. The van der Waals surface area contributed by atoms with Gasteiger partial charge in [0.2, 0.25) is 5.82 Å². The van der Waals surface area contributed by atoms with Gasteiger partial charge in [0.15, 0.2) is 12.3 Å². The van der Waals surface area contributed by atoms with E-state index in [2.05, 4.69) is 44.4 Å². The van der Waals surface area contributed by atoms with Crippen LogP contribution in [0, 0.1) is 11.8 Å². The fourth-order valence-corrected chi connectivity index (χ4v) is 2.46. The van der Waals surface area contributed by atoms with Crippen LogP contribution in [-0.2, 0) is 18.5 Å². The smallest absolute Gasteiger partial charge is 0.204 e. The molecule has 28 heavy (non-hydrogen) atoms. The molecule has 0 spiro atoms. The molecule has 0 saturated carbocycles. The van der Waals surface area contributed by atoms with Crippen molar-refractivity contribution in [1.82, 2.24) is 25.2 Å². The summed E-state index contributed by atoms with van der Waals surface area (Å²) in [6, 6.07) is 15.4. The number of hydrogen-bond donors (Lipinski definition) is 0. The molecule has 0 N–H and O–H groups in total. The van der Waals surface area contributed by atoms with E-state index >= 15 is 0 Å². The lowest BCUT2D eigenvalue weighted by atomic mass is 10.1. The zero-order valence-electron chi connectivity index (χ0n) is 16.0. The van der Waals surface area contributed by atoms with Crippen LogP contribution in [0.4, 0.5) is 0 Å². The highest BCUT2D eigenvalue weighted by atomic mass is 16.6. The summed E-state index contributed by atoms with van der Waals surface area (Å²) in [5, 5.41) is 15.9. The zero-order chi connectivity index (χ0) is 19.6. The van der Waals surface area contributed by atoms with Crippen molar-refractivity contribution in [3.8, 4) is 11.8 Å².